The normalized spacial score (nSPS) is 10.3. The molecule has 0 heterocycles. The van der Waals surface area contributed by atoms with E-state index in [9.17, 15) is 10.1 Å². The molecule has 0 aliphatic carbocycles. The molecule has 2 rings (SSSR count). The van der Waals surface area contributed by atoms with Crippen LogP contribution in [0.3, 0.4) is 0 Å². The van der Waals surface area contributed by atoms with Crippen molar-refractivity contribution in [2.45, 2.75) is 15.7 Å². The van der Waals surface area contributed by atoms with Crippen LogP contribution in [-0.4, -0.2) is 4.92 Å². The van der Waals surface area contributed by atoms with Gasteiger partial charge in [-0.2, -0.15) is 0 Å². The molecular formula is C13H10ClNO2S. The SMILES string of the molecule is O=[N+]([O-])c1ccc(Sc2ccc(CCl)cc2)cc1. The Morgan fingerprint density at radius 1 is 1.00 bits per heavy atom. The number of rotatable bonds is 4. The summed E-state index contributed by atoms with van der Waals surface area (Å²) in [6.45, 7) is 0. The average Bonchev–Trinajstić information content (AvgIpc) is 2.40. The molecule has 0 radical (unpaired) electrons. The lowest BCUT2D eigenvalue weighted by Crippen LogP contribution is -1.86. The summed E-state index contributed by atoms with van der Waals surface area (Å²) in [6, 6.07) is 14.4. The maximum absolute atomic E-state index is 10.5. The van der Waals surface area contributed by atoms with Crippen LogP contribution in [0.4, 0.5) is 5.69 Å². The van der Waals surface area contributed by atoms with Crippen molar-refractivity contribution in [3.63, 3.8) is 0 Å². The number of nitro groups is 1. The predicted molar refractivity (Wildman–Crippen MR) is 73.2 cm³/mol. The molecule has 0 atom stereocenters. The number of hydrogen-bond donors (Lipinski definition) is 0. The number of halogens is 1. The number of benzene rings is 2. The minimum atomic E-state index is -0.399. The second-order valence-electron chi connectivity index (χ2n) is 3.63. The van der Waals surface area contributed by atoms with E-state index in [0.717, 1.165) is 15.4 Å². The van der Waals surface area contributed by atoms with Gasteiger partial charge in [0.2, 0.25) is 0 Å². The first kappa shape index (κ1) is 12.9. The zero-order valence-electron chi connectivity index (χ0n) is 9.38. The molecule has 2 aromatic carbocycles. The molecule has 0 fully saturated rings. The van der Waals surface area contributed by atoms with Gasteiger partial charge < -0.3 is 0 Å². The first-order valence-corrected chi connectivity index (χ1v) is 6.61. The Labute approximate surface area is 114 Å². The second kappa shape index (κ2) is 5.89. The summed E-state index contributed by atoms with van der Waals surface area (Å²) in [5.74, 6) is 0.502. The van der Waals surface area contributed by atoms with E-state index in [-0.39, 0.29) is 5.69 Å². The predicted octanol–water partition coefficient (Wildman–Crippen LogP) is 4.48. The summed E-state index contributed by atoms with van der Waals surface area (Å²) < 4.78 is 0. The molecule has 0 saturated carbocycles. The van der Waals surface area contributed by atoms with Crippen molar-refractivity contribution in [1.82, 2.24) is 0 Å². The van der Waals surface area contributed by atoms with Gasteiger partial charge in [0.1, 0.15) is 0 Å². The maximum Gasteiger partial charge on any atom is 0.269 e. The van der Waals surface area contributed by atoms with Crippen LogP contribution >= 0.6 is 23.4 Å². The lowest BCUT2D eigenvalue weighted by Gasteiger charge is -2.02. The Bertz CT molecular complexity index is 540. The van der Waals surface area contributed by atoms with Crippen LogP contribution in [0.1, 0.15) is 5.56 Å². The molecule has 2 aromatic rings. The third-order valence-corrected chi connectivity index (χ3v) is 3.69. The van der Waals surface area contributed by atoms with Crippen LogP contribution in [0.25, 0.3) is 0 Å². The lowest BCUT2D eigenvalue weighted by molar-refractivity contribution is -0.384. The molecule has 18 heavy (non-hydrogen) atoms. The molecule has 0 amide bonds. The molecule has 0 aromatic heterocycles. The van der Waals surface area contributed by atoms with Gasteiger partial charge in [0.15, 0.2) is 0 Å². The lowest BCUT2D eigenvalue weighted by atomic mass is 10.2. The van der Waals surface area contributed by atoms with Crippen LogP contribution < -0.4 is 0 Å². The highest BCUT2D eigenvalue weighted by Gasteiger charge is 2.04. The number of non-ortho nitro benzene ring substituents is 1. The Kier molecular flexibility index (Phi) is 4.23. The zero-order chi connectivity index (χ0) is 13.0. The topological polar surface area (TPSA) is 43.1 Å². The highest BCUT2D eigenvalue weighted by Crippen LogP contribution is 2.29. The van der Waals surface area contributed by atoms with E-state index in [4.69, 9.17) is 11.6 Å². The van der Waals surface area contributed by atoms with E-state index in [1.165, 1.54) is 12.1 Å². The number of alkyl halides is 1. The van der Waals surface area contributed by atoms with Crippen molar-refractivity contribution in [2.24, 2.45) is 0 Å². The number of hydrogen-bond acceptors (Lipinski definition) is 3. The van der Waals surface area contributed by atoms with Crippen LogP contribution in [-0.2, 0) is 5.88 Å². The molecule has 0 unspecified atom stereocenters. The molecule has 0 aliphatic rings. The molecule has 3 nitrogen and oxygen atoms in total. The molecular weight excluding hydrogens is 270 g/mol. The van der Waals surface area contributed by atoms with Gasteiger partial charge in [-0.25, -0.2) is 0 Å². The van der Waals surface area contributed by atoms with E-state index in [2.05, 4.69) is 0 Å². The summed E-state index contributed by atoms with van der Waals surface area (Å²) in [5, 5.41) is 10.5. The number of nitrogens with zero attached hydrogens (tertiary/aromatic N) is 1. The van der Waals surface area contributed by atoms with E-state index in [0.29, 0.717) is 5.88 Å². The van der Waals surface area contributed by atoms with Crippen molar-refractivity contribution in [1.29, 1.82) is 0 Å². The molecule has 0 bridgehead atoms. The molecule has 0 spiro atoms. The van der Waals surface area contributed by atoms with Crippen LogP contribution in [0.15, 0.2) is 58.3 Å². The van der Waals surface area contributed by atoms with Crippen molar-refractivity contribution >= 4 is 29.1 Å². The summed E-state index contributed by atoms with van der Waals surface area (Å²) in [5.41, 5.74) is 1.18. The quantitative estimate of drug-likeness (QED) is 0.471. The smallest absolute Gasteiger partial charge is 0.258 e. The van der Waals surface area contributed by atoms with Gasteiger partial charge in [0, 0.05) is 27.8 Å². The first-order valence-electron chi connectivity index (χ1n) is 5.26. The largest absolute Gasteiger partial charge is 0.269 e. The molecule has 0 aliphatic heterocycles. The maximum atomic E-state index is 10.5. The summed E-state index contributed by atoms with van der Waals surface area (Å²) in [6.07, 6.45) is 0. The Morgan fingerprint density at radius 3 is 1.94 bits per heavy atom. The fourth-order valence-electron chi connectivity index (χ4n) is 1.42. The van der Waals surface area contributed by atoms with E-state index < -0.39 is 4.92 Å². The minimum Gasteiger partial charge on any atom is -0.258 e. The van der Waals surface area contributed by atoms with Gasteiger partial charge in [0.05, 0.1) is 4.92 Å². The summed E-state index contributed by atoms with van der Waals surface area (Å²) in [4.78, 5) is 12.2. The summed E-state index contributed by atoms with van der Waals surface area (Å²) >= 11 is 7.28. The van der Waals surface area contributed by atoms with Crippen molar-refractivity contribution < 1.29 is 4.92 Å². The monoisotopic (exact) mass is 279 g/mol. The molecule has 92 valence electrons. The van der Waals surface area contributed by atoms with Gasteiger partial charge in [-0.05, 0) is 29.8 Å². The van der Waals surface area contributed by atoms with Crippen LogP contribution in [0.2, 0.25) is 0 Å². The third kappa shape index (κ3) is 3.24. The van der Waals surface area contributed by atoms with Crippen molar-refractivity contribution in [2.75, 3.05) is 0 Å². The van der Waals surface area contributed by atoms with E-state index >= 15 is 0 Å². The van der Waals surface area contributed by atoms with Gasteiger partial charge >= 0.3 is 0 Å². The van der Waals surface area contributed by atoms with Crippen molar-refractivity contribution in [3.05, 3.63) is 64.2 Å². The fourth-order valence-corrected chi connectivity index (χ4v) is 2.41. The summed E-state index contributed by atoms with van der Waals surface area (Å²) in [7, 11) is 0. The van der Waals surface area contributed by atoms with Gasteiger partial charge in [-0.1, -0.05) is 23.9 Å². The minimum absolute atomic E-state index is 0.108. The van der Waals surface area contributed by atoms with Crippen molar-refractivity contribution in [3.8, 4) is 0 Å². The number of nitro benzene ring substituents is 1. The van der Waals surface area contributed by atoms with E-state index in [1.807, 2.05) is 24.3 Å². The second-order valence-corrected chi connectivity index (χ2v) is 5.04. The Balaban J connectivity index is 2.10. The van der Waals surface area contributed by atoms with E-state index in [1.54, 1.807) is 23.9 Å². The first-order chi connectivity index (χ1) is 8.69. The standard InChI is InChI=1S/C13H10ClNO2S/c14-9-10-1-5-12(6-2-10)18-13-7-3-11(4-8-13)15(16)17/h1-8H,9H2. The van der Waals surface area contributed by atoms with Crippen LogP contribution in [0, 0.1) is 10.1 Å². The van der Waals surface area contributed by atoms with Gasteiger partial charge in [0.25, 0.3) is 5.69 Å². The highest BCUT2D eigenvalue weighted by molar-refractivity contribution is 7.99. The fraction of sp³-hybridized carbons (Fsp3) is 0.0769. The average molecular weight is 280 g/mol. The molecule has 5 heteroatoms. The van der Waals surface area contributed by atoms with Gasteiger partial charge in [-0.15, -0.1) is 11.6 Å². The van der Waals surface area contributed by atoms with Crippen LogP contribution in [0.5, 0.6) is 0 Å². The Morgan fingerprint density at radius 2 is 1.50 bits per heavy atom. The molecule has 0 N–H and O–H groups in total. The Hall–Kier alpha value is -1.52. The zero-order valence-corrected chi connectivity index (χ0v) is 10.9. The third-order valence-electron chi connectivity index (χ3n) is 2.36. The molecule has 0 saturated heterocycles. The van der Waals surface area contributed by atoms with Gasteiger partial charge in [-0.3, -0.25) is 10.1 Å². The highest BCUT2D eigenvalue weighted by atomic mass is 35.5.